The van der Waals surface area contributed by atoms with Crippen LogP contribution < -0.4 is 5.73 Å². The van der Waals surface area contributed by atoms with E-state index >= 15 is 0 Å². The van der Waals surface area contributed by atoms with Gasteiger partial charge in [0.1, 0.15) is 0 Å². The average Bonchev–Trinajstić information content (AvgIpc) is 1.99. The zero-order chi connectivity index (χ0) is 7.98. The molecule has 56 valence electrons. The van der Waals surface area contributed by atoms with E-state index in [1.165, 1.54) is 13.3 Å². The summed E-state index contributed by atoms with van der Waals surface area (Å²) in [5, 5.41) is 0. The van der Waals surface area contributed by atoms with Gasteiger partial charge in [-0.1, -0.05) is 0 Å². The lowest BCUT2D eigenvalue weighted by molar-refractivity contribution is 0.291. The second-order valence-electron chi connectivity index (χ2n) is 1.77. The van der Waals surface area contributed by atoms with Gasteiger partial charge in [0.05, 0.1) is 7.11 Å². The van der Waals surface area contributed by atoms with E-state index in [9.17, 15) is 0 Å². The highest BCUT2D eigenvalue weighted by atomic mass is 16.5. The normalized spacial score (nSPS) is 12.0. The van der Waals surface area contributed by atoms with E-state index in [4.69, 9.17) is 5.73 Å². The highest BCUT2D eigenvalue weighted by Crippen LogP contribution is 1.92. The Hall–Kier alpha value is -1.25. The Morgan fingerprint density at radius 1 is 1.70 bits per heavy atom. The Morgan fingerprint density at radius 2 is 2.30 bits per heavy atom. The predicted molar refractivity (Wildman–Crippen MR) is 42.6 cm³/mol. The summed E-state index contributed by atoms with van der Waals surface area (Å²) in [5.74, 6) is 0.376. The van der Waals surface area contributed by atoms with Gasteiger partial charge in [0, 0.05) is 6.21 Å². The molecule has 0 atom stereocenters. The average molecular weight is 140 g/mol. The van der Waals surface area contributed by atoms with Crippen molar-refractivity contribution in [3.63, 3.8) is 0 Å². The molecule has 0 saturated carbocycles. The van der Waals surface area contributed by atoms with Crippen molar-refractivity contribution in [3.8, 4) is 0 Å². The molecular weight excluding hydrogens is 128 g/mol. The fourth-order valence-corrected chi connectivity index (χ4v) is 0.270. The third kappa shape index (κ3) is 3.72. The van der Waals surface area contributed by atoms with Gasteiger partial charge >= 0.3 is 0 Å². The molecule has 0 saturated heterocycles. The summed E-state index contributed by atoms with van der Waals surface area (Å²) in [6.07, 6.45) is 3.05. The van der Waals surface area contributed by atoms with Crippen molar-refractivity contribution in [2.45, 2.75) is 6.92 Å². The molecule has 0 aliphatic carbocycles. The molecule has 3 heteroatoms. The molecule has 0 aromatic rings. The molecule has 0 heterocycles. The summed E-state index contributed by atoms with van der Waals surface area (Å²) in [5.41, 5.74) is 6.05. The van der Waals surface area contributed by atoms with Gasteiger partial charge in [-0.3, -0.25) is 0 Å². The number of methoxy groups -OCH3 is 1. The Morgan fingerprint density at radius 3 is 2.70 bits per heavy atom. The first-order chi connectivity index (χ1) is 4.70. The number of nitrogens with zero attached hydrogens (tertiary/aromatic N) is 1. The smallest absolute Gasteiger partial charge is 0.205 e. The molecule has 0 aliphatic rings. The Bertz CT molecular complexity index is 170. The largest absolute Gasteiger partial charge is 0.481 e. The third-order valence-electron chi connectivity index (χ3n) is 0.911. The molecule has 0 amide bonds. The Labute approximate surface area is 60.9 Å². The number of hydrogen-bond acceptors (Lipinski definition) is 3. The van der Waals surface area contributed by atoms with E-state index in [1.54, 1.807) is 6.21 Å². The van der Waals surface area contributed by atoms with Gasteiger partial charge in [-0.25, -0.2) is 4.99 Å². The summed E-state index contributed by atoms with van der Waals surface area (Å²) in [6, 6.07) is 0. The van der Waals surface area contributed by atoms with Crippen molar-refractivity contribution in [2.24, 2.45) is 10.7 Å². The summed E-state index contributed by atoms with van der Waals surface area (Å²) in [4.78, 5) is 3.82. The van der Waals surface area contributed by atoms with Crippen LogP contribution in [0.1, 0.15) is 6.92 Å². The molecular formula is C7H12N2O. The minimum absolute atomic E-state index is 0.376. The van der Waals surface area contributed by atoms with Gasteiger partial charge in [-0.15, -0.1) is 0 Å². The fourth-order valence-electron chi connectivity index (χ4n) is 0.270. The van der Waals surface area contributed by atoms with Crippen molar-refractivity contribution in [3.05, 3.63) is 24.2 Å². The van der Waals surface area contributed by atoms with Crippen LogP contribution in [0.5, 0.6) is 0 Å². The van der Waals surface area contributed by atoms with Crippen LogP contribution in [0.2, 0.25) is 0 Å². The first-order valence-electron chi connectivity index (χ1n) is 2.86. The number of nitrogens with two attached hydrogens (primary N) is 1. The van der Waals surface area contributed by atoms with E-state index in [-0.39, 0.29) is 0 Å². The number of rotatable bonds is 3. The minimum Gasteiger partial charge on any atom is -0.481 e. The van der Waals surface area contributed by atoms with E-state index in [0.717, 1.165) is 5.57 Å². The van der Waals surface area contributed by atoms with Crippen LogP contribution in [0.25, 0.3) is 0 Å². The van der Waals surface area contributed by atoms with Crippen LogP contribution in [0.15, 0.2) is 29.2 Å². The molecule has 10 heavy (non-hydrogen) atoms. The molecule has 0 aromatic heterocycles. The summed E-state index contributed by atoms with van der Waals surface area (Å²) < 4.78 is 4.68. The molecule has 0 radical (unpaired) electrons. The van der Waals surface area contributed by atoms with E-state index in [0.29, 0.717) is 5.88 Å². The molecule has 0 fully saturated rings. The van der Waals surface area contributed by atoms with Crippen LogP contribution in [0.3, 0.4) is 0 Å². The lowest BCUT2D eigenvalue weighted by Gasteiger charge is -1.93. The van der Waals surface area contributed by atoms with Crippen molar-refractivity contribution in [1.82, 2.24) is 0 Å². The SMILES string of the molecule is C=C(/N=C\C(C)=C/N)OC. The first kappa shape index (κ1) is 8.75. The van der Waals surface area contributed by atoms with Crippen molar-refractivity contribution in [1.29, 1.82) is 0 Å². The lowest BCUT2D eigenvalue weighted by Crippen LogP contribution is -1.86. The zero-order valence-corrected chi connectivity index (χ0v) is 6.29. The maximum atomic E-state index is 5.18. The van der Waals surface area contributed by atoms with Crippen LogP contribution in [0, 0.1) is 0 Å². The summed E-state index contributed by atoms with van der Waals surface area (Å²) in [7, 11) is 1.52. The topological polar surface area (TPSA) is 47.6 Å². The molecule has 0 bridgehead atoms. The van der Waals surface area contributed by atoms with Gasteiger partial charge in [0.25, 0.3) is 0 Å². The van der Waals surface area contributed by atoms with Crippen LogP contribution in [-0.4, -0.2) is 13.3 Å². The zero-order valence-electron chi connectivity index (χ0n) is 6.29. The summed E-state index contributed by atoms with van der Waals surface area (Å²) in [6.45, 7) is 5.33. The van der Waals surface area contributed by atoms with Crippen LogP contribution >= 0.6 is 0 Å². The fraction of sp³-hybridized carbons (Fsp3) is 0.286. The number of ether oxygens (including phenoxy) is 1. The molecule has 3 nitrogen and oxygen atoms in total. The number of hydrogen-bond donors (Lipinski definition) is 1. The maximum Gasteiger partial charge on any atom is 0.205 e. The molecule has 0 spiro atoms. The van der Waals surface area contributed by atoms with Crippen LogP contribution in [-0.2, 0) is 4.74 Å². The minimum atomic E-state index is 0.376. The standard InChI is InChI=1S/C7H12N2O/c1-6(4-8)5-9-7(2)10-3/h4-5H,2,8H2,1,3H3/b6-4-,9-5-. The predicted octanol–water partition coefficient (Wildman–Crippen LogP) is 1.04. The van der Waals surface area contributed by atoms with Gasteiger partial charge in [0.15, 0.2) is 0 Å². The number of allylic oxidation sites excluding steroid dienone is 1. The molecule has 0 unspecified atom stereocenters. The third-order valence-corrected chi connectivity index (χ3v) is 0.911. The first-order valence-corrected chi connectivity index (χ1v) is 2.86. The van der Waals surface area contributed by atoms with Crippen LogP contribution in [0.4, 0.5) is 0 Å². The monoisotopic (exact) mass is 140 g/mol. The second-order valence-corrected chi connectivity index (χ2v) is 1.77. The van der Waals surface area contributed by atoms with Gasteiger partial charge in [-0.2, -0.15) is 0 Å². The highest BCUT2D eigenvalue weighted by Gasteiger charge is 1.82. The van der Waals surface area contributed by atoms with Gasteiger partial charge in [0.2, 0.25) is 5.88 Å². The molecule has 0 aliphatic heterocycles. The van der Waals surface area contributed by atoms with E-state index < -0.39 is 0 Å². The quantitative estimate of drug-likeness (QED) is 0.470. The van der Waals surface area contributed by atoms with Gasteiger partial charge < -0.3 is 10.5 Å². The second kappa shape index (κ2) is 4.61. The number of aliphatic imine (C=N–C) groups is 1. The molecule has 0 aromatic carbocycles. The highest BCUT2D eigenvalue weighted by molar-refractivity contribution is 5.78. The lowest BCUT2D eigenvalue weighted by atomic mass is 10.4. The van der Waals surface area contributed by atoms with E-state index in [2.05, 4.69) is 16.3 Å². The maximum absolute atomic E-state index is 5.18. The molecule has 2 N–H and O–H groups in total. The van der Waals surface area contributed by atoms with E-state index in [1.807, 2.05) is 6.92 Å². The van der Waals surface area contributed by atoms with Crippen molar-refractivity contribution < 1.29 is 4.74 Å². The Kier molecular flexibility index (Phi) is 4.04. The molecule has 0 rings (SSSR count). The van der Waals surface area contributed by atoms with Crippen molar-refractivity contribution in [2.75, 3.05) is 7.11 Å². The van der Waals surface area contributed by atoms with Gasteiger partial charge in [-0.05, 0) is 25.3 Å². The van der Waals surface area contributed by atoms with Crippen molar-refractivity contribution >= 4 is 6.21 Å². The summed E-state index contributed by atoms with van der Waals surface area (Å²) >= 11 is 0. The Balaban J connectivity index is 3.88.